The molecule has 0 aliphatic heterocycles. The molecule has 0 heterocycles. The van der Waals surface area contributed by atoms with E-state index in [1.807, 2.05) is 0 Å². The highest BCUT2D eigenvalue weighted by atomic mass is 35.5. The van der Waals surface area contributed by atoms with Gasteiger partial charge in [0.05, 0.1) is 11.1 Å². The summed E-state index contributed by atoms with van der Waals surface area (Å²) in [6.45, 7) is 1.67. The number of carbonyl (C=O) groups is 2. The molecule has 2 aromatic rings. The van der Waals surface area contributed by atoms with E-state index >= 15 is 0 Å². The first kappa shape index (κ1) is 13.5. The number of hydrogen-bond donors (Lipinski definition) is 3. The molecule has 0 bridgehead atoms. The predicted molar refractivity (Wildman–Crippen MR) is 74.5 cm³/mol. The second-order valence-corrected chi connectivity index (χ2v) is 5.22. The molecular formula is C15H9ClO5. The van der Waals surface area contributed by atoms with Gasteiger partial charge in [0, 0.05) is 11.1 Å². The van der Waals surface area contributed by atoms with Crippen molar-refractivity contribution in [2.45, 2.75) is 6.92 Å². The van der Waals surface area contributed by atoms with Crippen molar-refractivity contribution in [3.05, 3.63) is 51.0 Å². The number of aryl methyl sites for hydroxylation is 1. The summed E-state index contributed by atoms with van der Waals surface area (Å²) in [6, 6.07) is 3.87. The Morgan fingerprint density at radius 1 is 0.857 bits per heavy atom. The summed E-state index contributed by atoms with van der Waals surface area (Å²) >= 11 is 5.69. The second-order valence-electron chi connectivity index (χ2n) is 4.85. The van der Waals surface area contributed by atoms with Gasteiger partial charge in [-0.05, 0) is 30.7 Å². The molecule has 0 aromatic heterocycles. The summed E-state index contributed by atoms with van der Waals surface area (Å²) in [5, 5.41) is 29.1. The number of ketones is 2. The molecule has 5 nitrogen and oxygen atoms in total. The van der Waals surface area contributed by atoms with E-state index in [0.29, 0.717) is 5.56 Å². The highest BCUT2D eigenvalue weighted by Crippen LogP contribution is 2.43. The fourth-order valence-corrected chi connectivity index (χ4v) is 2.64. The zero-order valence-electron chi connectivity index (χ0n) is 10.8. The van der Waals surface area contributed by atoms with Crippen LogP contribution in [0.2, 0.25) is 5.02 Å². The molecule has 6 heteroatoms. The Balaban J connectivity index is 2.42. The maximum absolute atomic E-state index is 12.5. The molecule has 2 aromatic carbocycles. The Kier molecular flexibility index (Phi) is 2.71. The number of carbonyl (C=O) groups excluding carboxylic acids is 2. The van der Waals surface area contributed by atoms with Gasteiger partial charge in [-0.25, -0.2) is 0 Å². The number of fused-ring (bicyclic) bond motifs is 2. The third-order valence-corrected chi connectivity index (χ3v) is 3.80. The van der Waals surface area contributed by atoms with Gasteiger partial charge in [0.15, 0.2) is 5.78 Å². The van der Waals surface area contributed by atoms with Crippen molar-refractivity contribution < 1.29 is 24.9 Å². The fourth-order valence-electron chi connectivity index (χ4n) is 2.49. The first-order chi connectivity index (χ1) is 9.82. The van der Waals surface area contributed by atoms with Gasteiger partial charge in [-0.3, -0.25) is 9.59 Å². The van der Waals surface area contributed by atoms with Gasteiger partial charge in [0.1, 0.15) is 22.3 Å². The quantitative estimate of drug-likeness (QED) is 0.593. The number of phenols is 3. The molecule has 3 rings (SSSR count). The molecule has 1 aliphatic rings. The predicted octanol–water partition coefficient (Wildman–Crippen LogP) is 2.54. The van der Waals surface area contributed by atoms with Crippen LogP contribution in [0.4, 0.5) is 0 Å². The molecule has 0 fully saturated rings. The molecule has 0 atom stereocenters. The summed E-state index contributed by atoms with van der Waals surface area (Å²) in [5.74, 6) is -2.78. The summed E-state index contributed by atoms with van der Waals surface area (Å²) < 4.78 is 0. The molecule has 0 radical (unpaired) electrons. The number of benzene rings is 2. The maximum atomic E-state index is 12.5. The van der Waals surface area contributed by atoms with E-state index in [1.54, 1.807) is 6.92 Å². The van der Waals surface area contributed by atoms with E-state index in [-0.39, 0.29) is 28.0 Å². The van der Waals surface area contributed by atoms with Gasteiger partial charge in [-0.1, -0.05) is 11.6 Å². The average Bonchev–Trinajstić information content (AvgIpc) is 2.41. The van der Waals surface area contributed by atoms with Gasteiger partial charge in [-0.2, -0.15) is 0 Å². The molecule has 0 saturated heterocycles. The molecule has 0 spiro atoms. The number of phenolic OH excluding ortho intramolecular Hbond substituents is 3. The topological polar surface area (TPSA) is 94.8 Å². The Labute approximate surface area is 124 Å². The van der Waals surface area contributed by atoms with Crippen LogP contribution in [0.15, 0.2) is 18.2 Å². The van der Waals surface area contributed by atoms with Crippen molar-refractivity contribution in [3.63, 3.8) is 0 Å². The minimum absolute atomic E-state index is 0.0334. The Hall–Kier alpha value is -2.53. The number of hydrogen-bond acceptors (Lipinski definition) is 5. The minimum Gasteiger partial charge on any atom is -0.507 e. The standard InChI is InChI=1S/C15H9ClO5/c1-5-2-6-10(8(17)3-5)14(20)11-7(13(6)19)4-9(18)12(16)15(11)21/h2-4,17-18,21H,1H3. The number of rotatable bonds is 0. The highest BCUT2D eigenvalue weighted by Gasteiger charge is 2.36. The van der Waals surface area contributed by atoms with Gasteiger partial charge >= 0.3 is 0 Å². The van der Waals surface area contributed by atoms with Crippen molar-refractivity contribution in [2.24, 2.45) is 0 Å². The van der Waals surface area contributed by atoms with Crippen molar-refractivity contribution in [1.82, 2.24) is 0 Å². The molecule has 0 amide bonds. The molecule has 106 valence electrons. The van der Waals surface area contributed by atoms with Crippen LogP contribution in [0.5, 0.6) is 17.2 Å². The molecule has 0 saturated carbocycles. The van der Waals surface area contributed by atoms with E-state index < -0.39 is 28.1 Å². The van der Waals surface area contributed by atoms with E-state index in [4.69, 9.17) is 11.6 Å². The van der Waals surface area contributed by atoms with Crippen LogP contribution in [0.25, 0.3) is 0 Å². The third kappa shape index (κ3) is 1.71. The minimum atomic E-state index is -0.712. The van der Waals surface area contributed by atoms with Crippen LogP contribution < -0.4 is 0 Å². The largest absolute Gasteiger partial charge is 0.507 e. The van der Waals surface area contributed by atoms with Gasteiger partial charge in [-0.15, -0.1) is 0 Å². The van der Waals surface area contributed by atoms with Gasteiger partial charge < -0.3 is 15.3 Å². The van der Waals surface area contributed by atoms with Crippen molar-refractivity contribution >= 4 is 23.2 Å². The fraction of sp³-hybridized carbons (Fsp3) is 0.0667. The van der Waals surface area contributed by atoms with Crippen LogP contribution in [0.3, 0.4) is 0 Å². The van der Waals surface area contributed by atoms with Crippen molar-refractivity contribution in [2.75, 3.05) is 0 Å². The smallest absolute Gasteiger partial charge is 0.202 e. The first-order valence-electron chi connectivity index (χ1n) is 6.00. The maximum Gasteiger partial charge on any atom is 0.202 e. The number of aromatic hydroxyl groups is 3. The van der Waals surface area contributed by atoms with E-state index in [9.17, 15) is 24.9 Å². The normalized spacial score (nSPS) is 13.0. The Bertz CT molecular complexity index is 839. The summed E-state index contributed by atoms with van der Waals surface area (Å²) in [7, 11) is 0. The van der Waals surface area contributed by atoms with Gasteiger partial charge in [0.2, 0.25) is 5.78 Å². The summed E-state index contributed by atoms with van der Waals surface area (Å²) in [4.78, 5) is 24.9. The lowest BCUT2D eigenvalue weighted by atomic mass is 9.82. The molecule has 21 heavy (non-hydrogen) atoms. The monoisotopic (exact) mass is 304 g/mol. The van der Waals surface area contributed by atoms with Crippen LogP contribution in [0.1, 0.15) is 37.4 Å². The zero-order valence-corrected chi connectivity index (χ0v) is 11.5. The second kappa shape index (κ2) is 4.23. The highest BCUT2D eigenvalue weighted by molar-refractivity contribution is 6.37. The van der Waals surface area contributed by atoms with Crippen LogP contribution in [-0.2, 0) is 0 Å². The van der Waals surface area contributed by atoms with Crippen LogP contribution in [0, 0.1) is 6.92 Å². The lowest BCUT2D eigenvalue weighted by Gasteiger charge is -2.20. The molecule has 3 N–H and O–H groups in total. The Morgan fingerprint density at radius 2 is 1.48 bits per heavy atom. The van der Waals surface area contributed by atoms with Crippen LogP contribution >= 0.6 is 11.6 Å². The molecular weight excluding hydrogens is 296 g/mol. The zero-order chi connectivity index (χ0) is 15.5. The SMILES string of the molecule is Cc1cc(O)c2c(c1)C(=O)c1cc(O)c(Cl)c(O)c1C2=O. The van der Waals surface area contributed by atoms with Crippen molar-refractivity contribution in [1.29, 1.82) is 0 Å². The third-order valence-electron chi connectivity index (χ3n) is 3.43. The Morgan fingerprint density at radius 3 is 2.14 bits per heavy atom. The average molecular weight is 305 g/mol. The summed E-state index contributed by atoms with van der Waals surface area (Å²) in [5.41, 5.74) is 0.0193. The van der Waals surface area contributed by atoms with Crippen LogP contribution in [-0.4, -0.2) is 26.9 Å². The lowest BCUT2D eigenvalue weighted by Crippen LogP contribution is -2.21. The molecule has 1 aliphatic carbocycles. The van der Waals surface area contributed by atoms with Crippen molar-refractivity contribution in [3.8, 4) is 17.2 Å². The molecule has 0 unspecified atom stereocenters. The first-order valence-corrected chi connectivity index (χ1v) is 6.38. The lowest BCUT2D eigenvalue weighted by molar-refractivity contribution is 0.0974. The van der Waals surface area contributed by atoms with E-state index in [1.165, 1.54) is 12.1 Å². The van der Waals surface area contributed by atoms with Gasteiger partial charge in [0.25, 0.3) is 0 Å². The number of halogens is 1. The summed E-state index contributed by atoms with van der Waals surface area (Å²) in [6.07, 6.45) is 0. The van der Waals surface area contributed by atoms with E-state index in [2.05, 4.69) is 0 Å². The van der Waals surface area contributed by atoms with E-state index in [0.717, 1.165) is 6.07 Å².